The van der Waals surface area contributed by atoms with Crippen LogP contribution in [0.1, 0.15) is 39.5 Å². The number of nitrogens with zero attached hydrogens (tertiary/aromatic N) is 4. The lowest BCUT2D eigenvalue weighted by molar-refractivity contribution is -0.145. The number of aromatic nitrogens is 2. The molecule has 1 atom stereocenters. The quantitative estimate of drug-likeness (QED) is 0.629. The SMILES string of the molecule is COc1cnc(C(N)=O)c2c1C(C(=O)C(=O)N1CCN(c3nccc4c3C=CCC4)CC1)CN2. The van der Waals surface area contributed by atoms with Crippen LogP contribution in [0, 0.1) is 0 Å². The van der Waals surface area contributed by atoms with E-state index in [-0.39, 0.29) is 12.2 Å². The summed E-state index contributed by atoms with van der Waals surface area (Å²) in [7, 11) is 1.45. The molecular formula is C24H26N6O4. The van der Waals surface area contributed by atoms with Crippen molar-refractivity contribution in [1.29, 1.82) is 0 Å². The van der Waals surface area contributed by atoms with Crippen molar-refractivity contribution in [2.45, 2.75) is 18.8 Å². The summed E-state index contributed by atoms with van der Waals surface area (Å²) in [6.07, 6.45) is 9.50. The number of nitrogens with one attached hydrogen (secondary N) is 1. The van der Waals surface area contributed by atoms with E-state index in [1.165, 1.54) is 18.9 Å². The van der Waals surface area contributed by atoms with Gasteiger partial charge in [0.25, 0.3) is 11.8 Å². The first-order chi connectivity index (χ1) is 16.5. The van der Waals surface area contributed by atoms with Crippen LogP contribution >= 0.6 is 0 Å². The average molecular weight is 463 g/mol. The van der Waals surface area contributed by atoms with Crippen molar-refractivity contribution in [1.82, 2.24) is 14.9 Å². The molecule has 1 aliphatic carbocycles. The Morgan fingerprint density at radius 3 is 2.71 bits per heavy atom. The minimum Gasteiger partial charge on any atom is -0.495 e. The van der Waals surface area contributed by atoms with E-state index in [1.54, 1.807) is 4.90 Å². The van der Waals surface area contributed by atoms with Crippen LogP contribution in [-0.2, 0) is 16.0 Å². The number of allylic oxidation sites excluding steroid dienone is 1. The van der Waals surface area contributed by atoms with Gasteiger partial charge in [-0.05, 0) is 24.5 Å². The minimum absolute atomic E-state index is 0.0277. The molecule has 10 nitrogen and oxygen atoms in total. The van der Waals surface area contributed by atoms with Gasteiger partial charge in [0, 0.05) is 50.0 Å². The molecule has 2 aromatic rings. The Labute approximate surface area is 196 Å². The standard InChI is InChI=1S/C24H26N6O4/c1-34-17-13-28-20(22(25)32)19-18(17)16(12-27-19)21(31)24(33)30-10-8-29(9-11-30)23-15-5-3-2-4-14(15)6-7-26-23/h3,5-7,13,16,27H,2,4,8-12H2,1H3,(H2,25,32). The van der Waals surface area contributed by atoms with Crippen LogP contribution in [0.4, 0.5) is 11.5 Å². The van der Waals surface area contributed by atoms with Crippen LogP contribution in [-0.4, -0.2) is 72.3 Å². The number of fused-ring (bicyclic) bond motifs is 2. The number of carbonyl (C=O) groups excluding carboxylic acids is 3. The van der Waals surface area contributed by atoms with E-state index in [0.717, 1.165) is 24.2 Å². The number of ether oxygens (including phenoxy) is 1. The molecule has 2 aromatic heterocycles. The Morgan fingerprint density at radius 1 is 1.18 bits per heavy atom. The van der Waals surface area contributed by atoms with Gasteiger partial charge in [-0.25, -0.2) is 9.97 Å². The second kappa shape index (κ2) is 8.77. The molecule has 5 rings (SSSR count). The smallest absolute Gasteiger partial charge is 0.290 e. The van der Waals surface area contributed by atoms with Gasteiger partial charge in [0.15, 0.2) is 5.69 Å². The maximum Gasteiger partial charge on any atom is 0.290 e. The van der Waals surface area contributed by atoms with Gasteiger partial charge in [-0.15, -0.1) is 0 Å². The second-order valence-electron chi connectivity index (χ2n) is 8.55. The summed E-state index contributed by atoms with van der Waals surface area (Å²) in [5.41, 5.74) is 8.69. The van der Waals surface area contributed by atoms with Crippen molar-refractivity contribution < 1.29 is 19.1 Å². The van der Waals surface area contributed by atoms with Gasteiger partial charge in [0.2, 0.25) is 5.78 Å². The fraction of sp³-hybridized carbons (Fsp3) is 0.375. The van der Waals surface area contributed by atoms with E-state index in [1.807, 2.05) is 6.20 Å². The third-order valence-corrected chi connectivity index (χ3v) is 6.69. The molecule has 0 saturated carbocycles. The van der Waals surface area contributed by atoms with Crippen LogP contribution in [0.5, 0.6) is 5.75 Å². The zero-order valence-corrected chi connectivity index (χ0v) is 18.9. The molecule has 1 unspecified atom stereocenters. The minimum atomic E-state index is -0.774. The number of Topliss-reactive ketones (excluding diaryl/α,β-unsaturated/α-hetero) is 1. The van der Waals surface area contributed by atoms with Gasteiger partial charge >= 0.3 is 0 Å². The lowest BCUT2D eigenvalue weighted by atomic mass is 9.94. The van der Waals surface area contributed by atoms with Crippen molar-refractivity contribution in [2.75, 3.05) is 50.1 Å². The Balaban J connectivity index is 1.31. The van der Waals surface area contributed by atoms with Crippen molar-refractivity contribution in [3.8, 4) is 5.75 Å². The van der Waals surface area contributed by atoms with Gasteiger partial charge in [0.05, 0.1) is 24.9 Å². The number of piperazine rings is 1. The third-order valence-electron chi connectivity index (χ3n) is 6.69. The van der Waals surface area contributed by atoms with Gasteiger partial charge in [-0.1, -0.05) is 12.2 Å². The highest BCUT2D eigenvalue weighted by Crippen LogP contribution is 2.40. The van der Waals surface area contributed by atoms with Gasteiger partial charge in [-0.3, -0.25) is 14.4 Å². The summed E-state index contributed by atoms with van der Waals surface area (Å²) in [6.45, 7) is 2.21. The summed E-state index contributed by atoms with van der Waals surface area (Å²) in [4.78, 5) is 50.5. The van der Waals surface area contributed by atoms with Gasteiger partial charge in [-0.2, -0.15) is 0 Å². The predicted molar refractivity (Wildman–Crippen MR) is 126 cm³/mol. The summed E-state index contributed by atoms with van der Waals surface area (Å²) >= 11 is 0. The lowest BCUT2D eigenvalue weighted by Crippen LogP contribution is -2.51. The number of carbonyl (C=O) groups is 3. The first-order valence-corrected chi connectivity index (χ1v) is 11.3. The molecule has 0 bridgehead atoms. The number of pyridine rings is 2. The van der Waals surface area contributed by atoms with Crippen molar-refractivity contribution in [3.05, 3.63) is 46.9 Å². The van der Waals surface area contributed by atoms with Crippen molar-refractivity contribution >= 4 is 35.2 Å². The Morgan fingerprint density at radius 2 is 1.97 bits per heavy atom. The number of rotatable bonds is 5. The summed E-state index contributed by atoms with van der Waals surface area (Å²) < 4.78 is 5.36. The van der Waals surface area contributed by atoms with Crippen LogP contribution in [0.15, 0.2) is 24.5 Å². The highest BCUT2D eigenvalue weighted by atomic mass is 16.5. The molecule has 0 aromatic carbocycles. The molecule has 0 spiro atoms. The van der Waals surface area contributed by atoms with Gasteiger partial charge < -0.3 is 25.6 Å². The number of nitrogens with two attached hydrogens (primary N) is 1. The summed E-state index contributed by atoms with van der Waals surface area (Å²) in [5.74, 6) is -1.30. The normalized spacial score (nSPS) is 18.7. The average Bonchev–Trinajstić information content (AvgIpc) is 3.32. The molecule has 3 aliphatic rings. The maximum atomic E-state index is 13.2. The van der Waals surface area contributed by atoms with E-state index in [4.69, 9.17) is 10.5 Å². The highest BCUT2D eigenvalue weighted by Gasteiger charge is 2.40. The van der Waals surface area contributed by atoms with Crippen LogP contribution in [0.25, 0.3) is 6.08 Å². The summed E-state index contributed by atoms with van der Waals surface area (Å²) in [5, 5.41) is 3.01. The molecule has 2 aliphatic heterocycles. The fourth-order valence-corrected chi connectivity index (χ4v) is 4.93. The Bertz CT molecular complexity index is 1200. The topological polar surface area (TPSA) is 131 Å². The number of primary amides is 1. The van der Waals surface area contributed by atoms with E-state index in [0.29, 0.717) is 43.2 Å². The Hall–Kier alpha value is -3.95. The van der Waals surface area contributed by atoms with E-state index >= 15 is 0 Å². The van der Waals surface area contributed by atoms with Crippen molar-refractivity contribution in [3.63, 3.8) is 0 Å². The molecule has 0 radical (unpaired) electrons. The molecule has 2 amide bonds. The predicted octanol–water partition coefficient (Wildman–Crippen LogP) is 0.971. The van der Waals surface area contributed by atoms with Gasteiger partial charge in [0.1, 0.15) is 11.6 Å². The number of aryl methyl sites for hydroxylation is 1. The molecule has 1 fully saturated rings. The maximum absolute atomic E-state index is 13.2. The zero-order chi connectivity index (χ0) is 23.8. The number of anilines is 2. The molecule has 10 heteroatoms. The lowest BCUT2D eigenvalue weighted by Gasteiger charge is -2.36. The number of methoxy groups -OCH3 is 1. The number of ketones is 1. The zero-order valence-electron chi connectivity index (χ0n) is 18.9. The monoisotopic (exact) mass is 462 g/mol. The summed E-state index contributed by atoms with van der Waals surface area (Å²) in [6, 6.07) is 2.06. The fourth-order valence-electron chi connectivity index (χ4n) is 4.93. The van der Waals surface area contributed by atoms with Crippen molar-refractivity contribution in [2.24, 2.45) is 5.73 Å². The molecule has 176 valence electrons. The number of amides is 2. The molecule has 34 heavy (non-hydrogen) atoms. The molecular weight excluding hydrogens is 436 g/mol. The molecule has 3 N–H and O–H groups in total. The van der Waals surface area contributed by atoms with Crippen LogP contribution in [0.2, 0.25) is 0 Å². The third kappa shape index (κ3) is 3.64. The first kappa shape index (κ1) is 21.9. The van der Waals surface area contributed by atoms with E-state index in [9.17, 15) is 14.4 Å². The first-order valence-electron chi connectivity index (χ1n) is 11.3. The molecule has 1 saturated heterocycles. The second-order valence-corrected chi connectivity index (χ2v) is 8.55. The Kier molecular flexibility index (Phi) is 5.64. The van der Waals surface area contributed by atoms with E-state index in [2.05, 4.69) is 38.4 Å². The number of hydrogen-bond donors (Lipinski definition) is 2. The largest absolute Gasteiger partial charge is 0.495 e. The van der Waals surface area contributed by atoms with E-state index < -0.39 is 23.5 Å². The van der Waals surface area contributed by atoms with Crippen LogP contribution < -0.4 is 20.7 Å². The molecule has 4 heterocycles. The number of hydrogen-bond acceptors (Lipinski definition) is 8. The van der Waals surface area contributed by atoms with Crippen LogP contribution in [0.3, 0.4) is 0 Å². The highest BCUT2D eigenvalue weighted by molar-refractivity contribution is 6.38.